The molecule has 0 aromatic carbocycles. The van der Waals surface area contributed by atoms with Crippen LogP contribution in [0, 0.1) is 0 Å². The molecule has 0 aromatic heterocycles. The van der Waals surface area contributed by atoms with Crippen molar-refractivity contribution in [3.8, 4) is 0 Å². The summed E-state index contributed by atoms with van der Waals surface area (Å²) in [4.78, 5) is 46.4. The van der Waals surface area contributed by atoms with Crippen molar-refractivity contribution in [1.82, 2.24) is 5.32 Å². The molecule has 0 radical (unpaired) electrons. The summed E-state index contributed by atoms with van der Waals surface area (Å²) in [5, 5.41) is -1.17. The van der Waals surface area contributed by atoms with Crippen molar-refractivity contribution in [2.45, 2.75) is 25.3 Å². The predicted molar refractivity (Wildman–Crippen MR) is 56.7 cm³/mol. The fourth-order valence-corrected chi connectivity index (χ4v) is 3.89. The van der Waals surface area contributed by atoms with E-state index in [2.05, 4.69) is 0 Å². The molecule has 0 aromatic rings. The number of rotatable bonds is 4. The minimum atomic E-state index is -5.18. The topological polar surface area (TPSA) is 144 Å². The van der Waals surface area contributed by atoms with Crippen LogP contribution in [0.3, 0.4) is 0 Å². The van der Waals surface area contributed by atoms with Crippen molar-refractivity contribution in [2.75, 3.05) is 0 Å². The van der Waals surface area contributed by atoms with E-state index in [-0.39, 0.29) is 67.3 Å². The van der Waals surface area contributed by atoms with Crippen molar-refractivity contribution in [1.29, 1.82) is 0 Å². The van der Waals surface area contributed by atoms with Gasteiger partial charge in [-0.1, -0.05) is 6.92 Å². The van der Waals surface area contributed by atoms with Crippen molar-refractivity contribution in [3.05, 3.63) is 0 Å². The molecular formula is C5H13CaNNaO7P2+3. The monoisotopic (exact) mass is 324 g/mol. The van der Waals surface area contributed by atoms with Gasteiger partial charge in [-0.3, -0.25) is 13.9 Å². The standard InChI is InChI=1S/C5H13NO7P2.Ca.Na/c1-3-5(6-4(2)7,14(8,9)10)15(11,12)13;;/h3H2,1-2H3,(H,6,7)(H2,8,9,10)(H2,11,12,13);;/q;+2;+1. The van der Waals surface area contributed by atoms with Crippen LogP contribution in [0.2, 0.25) is 0 Å². The molecule has 17 heavy (non-hydrogen) atoms. The van der Waals surface area contributed by atoms with Gasteiger partial charge in [0.25, 0.3) is 0 Å². The zero-order valence-corrected chi connectivity index (χ0v) is 15.8. The number of carbonyl (C=O) groups excluding carboxylic acids is 1. The van der Waals surface area contributed by atoms with E-state index in [4.69, 9.17) is 19.6 Å². The summed E-state index contributed by atoms with van der Waals surface area (Å²) in [6.07, 6.45) is -0.582. The van der Waals surface area contributed by atoms with Crippen LogP contribution in [0.15, 0.2) is 0 Å². The van der Waals surface area contributed by atoms with Gasteiger partial charge in [0.1, 0.15) is 0 Å². The van der Waals surface area contributed by atoms with Crippen LogP contribution in [0.25, 0.3) is 0 Å². The Bertz CT molecular complexity index is 330. The number of carbonyl (C=O) groups is 1. The van der Waals surface area contributed by atoms with Gasteiger partial charge < -0.3 is 24.9 Å². The van der Waals surface area contributed by atoms with Gasteiger partial charge in [-0.2, -0.15) is 0 Å². The molecule has 0 aliphatic carbocycles. The predicted octanol–water partition coefficient (Wildman–Crippen LogP) is -3.84. The number of hydrogen-bond acceptors (Lipinski definition) is 3. The van der Waals surface area contributed by atoms with E-state index in [0.717, 1.165) is 13.8 Å². The van der Waals surface area contributed by atoms with Gasteiger partial charge in [0.05, 0.1) is 0 Å². The van der Waals surface area contributed by atoms with Crippen LogP contribution >= 0.6 is 15.2 Å². The molecule has 0 spiro atoms. The SMILES string of the molecule is CCC(NC(C)=O)(P(=O)(O)O)P(=O)(O)O.[Ca+2].[Na+]. The van der Waals surface area contributed by atoms with Gasteiger partial charge in [0.2, 0.25) is 10.9 Å². The first-order valence-electron chi connectivity index (χ1n) is 3.88. The van der Waals surface area contributed by atoms with Gasteiger partial charge in [-0.25, -0.2) is 0 Å². The third kappa shape index (κ3) is 5.90. The zero-order valence-electron chi connectivity index (χ0n) is 9.82. The Morgan fingerprint density at radius 2 is 1.47 bits per heavy atom. The average Bonchev–Trinajstić information content (AvgIpc) is 1.94. The molecule has 90 valence electrons. The maximum absolute atomic E-state index is 11.1. The molecule has 12 heteroatoms. The van der Waals surface area contributed by atoms with E-state index in [1.54, 1.807) is 5.32 Å². The number of amides is 1. The first-order chi connectivity index (χ1) is 6.48. The molecule has 0 bridgehead atoms. The molecule has 0 fully saturated rings. The Morgan fingerprint density at radius 1 is 1.18 bits per heavy atom. The molecule has 5 N–H and O–H groups in total. The van der Waals surface area contributed by atoms with Gasteiger partial charge in [0, 0.05) is 6.92 Å². The third-order valence-electron chi connectivity index (χ3n) is 1.83. The van der Waals surface area contributed by atoms with E-state index in [1.807, 2.05) is 0 Å². The second kappa shape index (κ2) is 8.35. The molecule has 0 rings (SSSR count). The van der Waals surface area contributed by atoms with Crippen molar-refractivity contribution < 1.29 is 63.1 Å². The fourth-order valence-electron chi connectivity index (χ4n) is 1.10. The molecule has 1 amide bonds. The molecule has 0 unspecified atom stereocenters. The Morgan fingerprint density at radius 3 is 1.53 bits per heavy atom. The van der Waals surface area contributed by atoms with Crippen LogP contribution < -0.4 is 34.9 Å². The van der Waals surface area contributed by atoms with Gasteiger partial charge in [-0.15, -0.1) is 0 Å². The average molecular weight is 324 g/mol. The molecule has 0 saturated heterocycles. The van der Waals surface area contributed by atoms with Crippen LogP contribution in [-0.4, -0.2) is 68.2 Å². The summed E-state index contributed by atoms with van der Waals surface area (Å²) < 4.78 is 22.1. The summed E-state index contributed by atoms with van der Waals surface area (Å²) in [5.74, 6) is -0.927. The van der Waals surface area contributed by atoms with E-state index in [9.17, 15) is 13.9 Å². The smallest absolute Gasteiger partial charge is 0.330 e. The Balaban J connectivity index is -0.000000980. The maximum atomic E-state index is 11.1. The van der Waals surface area contributed by atoms with Gasteiger partial charge in [0.15, 0.2) is 0 Å². The van der Waals surface area contributed by atoms with E-state index in [0.29, 0.717) is 0 Å². The quantitative estimate of drug-likeness (QED) is 0.263. The Labute approximate surface area is 151 Å². The summed E-state index contributed by atoms with van der Waals surface area (Å²) in [6, 6.07) is 0. The molecule has 0 aliphatic rings. The second-order valence-corrected chi connectivity index (χ2v) is 7.00. The summed E-state index contributed by atoms with van der Waals surface area (Å²) in [7, 11) is -10.4. The Kier molecular flexibility index (Phi) is 11.8. The van der Waals surface area contributed by atoms with Gasteiger partial charge in [-0.05, 0) is 6.42 Å². The van der Waals surface area contributed by atoms with E-state index < -0.39 is 32.5 Å². The molecule has 0 heterocycles. The van der Waals surface area contributed by atoms with Crippen LogP contribution in [0.4, 0.5) is 0 Å². The van der Waals surface area contributed by atoms with E-state index >= 15 is 0 Å². The molecular weight excluding hydrogens is 311 g/mol. The molecule has 0 aliphatic heterocycles. The van der Waals surface area contributed by atoms with Crippen molar-refractivity contribution >= 4 is 58.8 Å². The van der Waals surface area contributed by atoms with Crippen molar-refractivity contribution in [2.24, 2.45) is 0 Å². The van der Waals surface area contributed by atoms with Gasteiger partial charge >= 0.3 is 82.5 Å². The number of nitrogens with one attached hydrogen (secondary N) is 1. The second-order valence-electron chi connectivity index (χ2n) is 2.94. The zero-order chi connectivity index (χ0) is 12.5. The summed E-state index contributed by atoms with van der Waals surface area (Å²) >= 11 is 0. The largest absolute Gasteiger partial charge is 2.00 e. The Hall–Kier alpha value is 2.03. The minimum absolute atomic E-state index is 0. The number of hydrogen-bond donors (Lipinski definition) is 5. The van der Waals surface area contributed by atoms with Crippen molar-refractivity contribution in [3.63, 3.8) is 0 Å². The summed E-state index contributed by atoms with van der Waals surface area (Å²) in [6.45, 7) is 2.07. The van der Waals surface area contributed by atoms with Crippen LogP contribution in [0.5, 0.6) is 0 Å². The first kappa shape index (κ1) is 24.1. The normalized spacial score (nSPS) is 12.1. The van der Waals surface area contributed by atoms with E-state index in [1.165, 1.54) is 0 Å². The van der Waals surface area contributed by atoms with Crippen LogP contribution in [-0.2, 0) is 13.9 Å². The van der Waals surface area contributed by atoms with Crippen LogP contribution in [0.1, 0.15) is 20.3 Å². The third-order valence-corrected chi connectivity index (χ3v) is 6.18. The molecule has 0 saturated carbocycles. The first-order valence-corrected chi connectivity index (χ1v) is 7.10. The maximum Gasteiger partial charge on any atom is 2.00 e. The summed E-state index contributed by atoms with van der Waals surface area (Å²) in [5.41, 5.74) is 0. The molecule has 8 nitrogen and oxygen atoms in total. The minimum Gasteiger partial charge on any atom is -0.330 e. The molecule has 0 atom stereocenters. The fraction of sp³-hybridized carbons (Fsp3) is 0.800.